The minimum Gasteiger partial charge on any atom is -0.341 e. The maximum absolute atomic E-state index is 12.7. The quantitative estimate of drug-likeness (QED) is 0.849. The van der Waals surface area contributed by atoms with Crippen LogP contribution in [0.25, 0.3) is 0 Å². The fraction of sp³-hybridized carbons (Fsp3) is 0.538. The molecule has 0 aliphatic carbocycles. The lowest BCUT2D eigenvalue weighted by Crippen LogP contribution is -2.35. The summed E-state index contributed by atoms with van der Waals surface area (Å²) in [5.41, 5.74) is -0.909. The minimum atomic E-state index is -4.45. The van der Waals surface area contributed by atoms with Crippen LogP contribution in [0.15, 0.2) is 18.6 Å². The predicted molar refractivity (Wildman–Crippen MR) is 72.2 cm³/mol. The van der Waals surface area contributed by atoms with Crippen LogP contribution in [0, 0.1) is 0 Å². The van der Waals surface area contributed by atoms with E-state index in [0.717, 1.165) is 30.9 Å². The Morgan fingerprint density at radius 3 is 2.55 bits per heavy atom. The van der Waals surface area contributed by atoms with Crippen molar-refractivity contribution in [3.63, 3.8) is 0 Å². The van der Waals surface area contributed by atoms with Crippen LogP contribution in [-0.4, -0.2) is 37.8 Å². The Morgan fingerprint density at radius 2 is 1.95 bits per heavy atom. The lowest BCUT2D eigenvalue weighted by molar-refractivity contribution is -0.141. The molecule has 2 aromatic rings. The molecule has 3 heterocycles. The molecule has 1 aliphatic heterocycles. The molecule has 1 fully saturated rings. The highest BCUT2D eigenvalue weighted by Crippen LogP contribution is 2.30. The van der Waals surface area contributed by atoms with Crippen molar-refractivity contribution in [2.24, 2.45) is 7.05 Å². The van der Waals surface area contributed by atoms with Crippen LogP contribution in [0.4, 0.5) is 19.1 Å². The number of nitrogens with zero attached hydrogens (tertiary/aromatic N) is 6. The molecule has 0 radical (unpaired) electrons. The summed E-state index contributed by atoms with van der Waals surface area (Å²) in [6.45, 7) is 1.19. The first-order chi connectivity index (χ1) is 10.4. The molecule has 6 nitrogen and oxygen atoms in total. The molecule has 0 spiro atoms. The van der Waals surface area contributed by atoms with Crippen LogP contribution in [-0.2, 0) is 13.2 Å². The van der Waals surface area contributed by atoms with Crippen molar-refractivity contribution in [1.29, 1.82) is 0 Å². The number of halogens is 3. The lowest BCUT2D eigenvalue weighted by Gasteiger charge is -2.31. The Labute approximate surface area is 125 Å². The van der Waals surface area contributed by atoms with E-state index in [-0.39, 0.29) is 11.9 Å². The first-order valence-corrected chi connectivity index (χ1v) is 6.94. The molecule has 9 heteroatoms. The normalized spacial score (nSPS) is 17.0. The lowest BCUT2D eigenvalue weighted by atomic mass is 9.96. The number of hydrogen-bond acceptors (Lipinski definition) is 5. The molecule has 22 heavy (non-hydrogen) atoms. The van der Waals surface area contributed by atoms with E-state index in [0.29, 0.717) is 13.1 Å². The van der Waals surface area contributed by atoms with Gasteiger partial charge in [0.2, 0.25) is 5.95 Å². The first kappa shape index (κ1) is 14.7. The Morgan fingerprint density at radius 1 is 1.23 bits per heavy atom. The largest absolute Gasteiger partial charge is 0.433 e. The van der Waals surface area contributed by atoms with Gasteiger partial charge >= 0.3 is 6.18 Å². The number of hydrogen-bond donors (Lipinski definition) is 0. The van der Waals surface area contributed by atoms with Gasteiger partial charge in [-0.1, -0.05) is 0 Å². The molecular formula is C13H15F3N6. The summed E-state index contributed by atoms with van der Waals surface area (Å²) >= 11 is 0. The number of piperidine rings is 1. The van der Waals surface area contributed by atoms with Crippen molar-refractivity contribution >= 4 is 5.95 Å². The van der Waals surface area contributed by atoms with Gasteiger partial charge in [0.25, 0.3) is 0 Å². The number of aryl methyl sites for hydroxylation is 1. The van der Waals surface area contributed by atoms with Crippen molar-refractivity contribution in [1.82, 2.24) is 24.7 Å². The highest BCUT2D eigenvalue weighted by atomic mass is 19.4. The van der Waals surface area contributed by atoms with E-state index in [2.05, 4.69) is 20.2 Å². The average Bonchev–Trinajstić information content (AvgIpc) is 2.93. The summed E-state index contributed by atoms with van der Waals surface area (Å²) in [7, 11) is 1.89. The van der Waals surface area contributed by atoms with Crippen LogP contribution in [0.2, 0.25) is 0 Å². The zero-order chi connectivity index (χ0) is 15.7. The zero-order valence-corrected chi connectivity index (χ0v) is 12.0. The van der Waals surface area contributed by atoms with Crippen molar-refractivity contribution in [2.45, 2.75) is 24.9 Å². The van der Waals surface area contributed by atoms with Crippen molar-refractivity contribution in [2.75, 3.05) is 18.0 Å². The average molecular weight is 312 g/mol. The van der Waals surface area contributed by atoms with Gasteiger partial charge in [0.05, 0.1) is 0 Å². The second-order valence-electron chi connectivity index (χ2n) is 5.30. The molecule has 0 unspecified atom stereocenters. The van der Waals surface area contributed by atoms with Gasteiger partial charge in [-0.3, -0.25) is 0 Å². The summed E-state index contributed by atoms with van der Waals surface area (Å²) in [6, 6.07) is 0.885. The van der Waals surface area contributed by atoms with Gasteiger partial charge in [0.1, 0.15) is 17.8 Å². The Hall–Kier alpha value is -2.19. The molecular weight excluding hydrogens is 297 g/mol. The molecule has 118 valence electrons. The fourth-order valence-corrected chi connectivity index (χ4v) is 2.66. The zero-order valence-electron chi connectivity index (χ0n) is 12.0. The number of aromatic nitrogens is 5. The standard InChI is InChI=1S/C13H15F3N6/c1-21-8-18-20-11(21)9-3-6-22(7-4-9)12-17-5-2-10(19-12)13(14,15)16/h2,5,8-9H,3-4,6-7H2,1H3. The molecule has 0 N–H and O–H groups in total. The van der Waals surface area contributed by atoms with E-state index >= 15 is 0 Å². The molecule has 1 aliphatic rings. The van der Waals surface area contributed by atoms with Crippen LogP contribution in [0.5, 0.6) is 0 Å². The van der Waals surface area contributed by atoms with Crippen molar-refractivity contribution < 1.29 is 13.2 Å². The van der Waals surface area contributed by atoms with E-state index in [1.54, 1.807) is 11.2 Å². The van der Waals surface area contributed by atoms with Crippen molar-refractivity contribution in [3.8, 4) is 0 Å². The Balaban J connectivity index is 1.70. The highest BCUT2D eigenvalue weighted by molar-refractivity contribution is 5.32. The van der Waals surface area contributed by atoms with Crippen LogP contribution >= 0.6 is 0 Å². The summed E-state index contributed by atoms with van der Waals surface area (Å²) in [4.78, 5) is 9.37. The maximum atomic E-state index is 12.7. The Bertz CT molecular complexity index is 645. The van der Waals surface area contributed by atoms with E-state index < -0.39 is 11.9 Å². The van der Waals surface area contributed by atoms with E-state index in [4.69, 9.17) is 0 Å². The molecule has 1 saturated heterocycles. The maximum Gasteiger partial charge on any atom is 0.433 e. The molecule has 0 amide bonds. The van der Waals surface area contributed by atoms with Gasteiger partial charge < -0.3 is 9.47 Å². The van der Waals surface area contributed by atoms with E-state index in [1.807, 2.05) is 11.6 Å². The fourth-order valence-electron chi connectivity index (χ4n) is 2.66. The minimum absolute atomic E-state index is 0.131. The third-order valence-corrected chi connectivity index (χ3v) is 3.82. The van der Waals surface area contributed by atoms with Gasteiger partial charge in [0, 0.05) is 32.3 Å². The summed E-state index contributed by atoms with van der Waals surface area (Å²) in [5.74, 6) is 1.30. The van der Waals surface area contributed by atoms with Gasteiger partial charge in [-0.25, -0.2) is 9.97 Å². The molecule has 0 aromatic carbocycles. The monoisotopic (exact) mass is 312 g/mol. The van der Waals surface area contributed by atoms with Gasteiger partial charge in [-0.15, -0.1) is 10.2 Å². The Kier molecular flexibility index (Phi) is 3.71. The van der Waals surface area contributed by atoms with E-state index in [1.165, 1.54) is 0 Å². The predicted octanol–water partition coefficient (Wildman–Crippen LogP) is 2.01. The van der Waals surface area contributed by atoms with Crippen LogP contribution < -0.4 is 4.90 Å². The number of alkyl halides is 3. The third kappa shape index (κ3) is 2.88. The molecule has 3 rings (SSSR count). The van der Waals surface area contributed by atoms with Crippen LogP contribution in [0.1, 0.15) is 30.3 Å². The van der Waals surface area contributed by atoms with Gasteiger partial charge in [-0.2, -0.15) is 13.2 Å². The number of rotatable bonds is 2. The molecule has 2 aromatic heterocycles. The van der Waals surface area contributed by atoms with Crippen molar-refractivity contribution in [3.05, 3.63) is 30.1 Å². The van der Waals surface area contributed by atoms with Gasteiger partial charge in [0.15, 0.2) is 0 Å². The molecule has 0 saturated carbocycles. The SMILES string of the molecule is Cn1cnnc1C1CCN(c2nccc(C(F)(F)F)n2)CC1. The van der Waals surface area contributed by atoms with Gasteiger partial charge in [-0.05, 0) is 18.9 Å². The summed E-state index contributed by atoms with van der Waals surface area (Å²) in [6.07, 6.45) is -0.0789. The second kappa shape index (κ2) is 5.54. The highest BCUT2D eigenvalue weighted by Gasteiger charge is 2.33. The molecule has 0 bridgehead atoms. The smallest absolute Gasteiger partial charge is 0.341 e. The van der Waals surface area contributed by atoms with Crippen LogP contribution in [0.3, 0.4) is 0 Å². The number of anilines is 1. The van der Waals surface area contributed by atoms with E-state index in [9.17, 15) is 13.2 Å². The third-order valence-electron chi connectivity index (χ3n) is 3.82. The summed E-state index contributed by atoms with van der Waals surface area (Å²) in [5, 5.41) is 7.96. The first-order valence-electron chi connectivity index (χ1n) is 6.94. The molecule has 0 atom stereocenters. The summed E-state index contributed by atoms with van der Waals surface area (Å²) < 4.78 is 40.0. The topological polar surface area (TPSA) is 59.7 Å². The second-order valence-corrected chi connectivity index (χ2v) is 5.30.